The van der Waals surface area contributed by atoms with Crippen molar-refractivity contribution >= 4 is 34.2 Å². The van der Waals surface area contributed by atoms with Gasteiger partial charge in [0.2, 0.25) is 11.8 Å². The zero-order valence-electron chi connectivity index (χ0n) is 17.4. The molecule has 2 aromatic carbocycles. The molecule has 152 valence electrons. The maximum Gasteiger partial charge on any atom is 0.228 e. The molecule has 0 fully saturated rings. The van der Waals surface area contributed by atoms with Crippen LogP contribution in [0.1, 0.15) is 43.4 Å². The molecule has 29 heavy (non-hydrogen) atoms. The first-order valence-corrected chi connectivity index (χ1v) is 9.54. The molecule has 0 aliphatic heterocycles. The van der Waals surface area contributed by atoms with Gasteiger partial charge in [0.1, 0.15) is 11.3 Å². The third-order valence-corrected chi connectivity index (χ3v) is 4.83. The fourth-order valence-electron chi connectivity index (χ4n) is 3.42. The number of hydrogen-bond acceptors (Lipinski definition) is 4. The van der Waals surface area contributed by atoms with Crippen LogP contribution < -0.4 is 15.4 Å². The topological polar surface area (TPSA) is 80.6 Å². The van der Waals surface area contributed by atoms with Crippen LogP contribution in [0.4, 0.5) is 11.4 Å². The number of hydrogen-bond donors (Lipinski definition) is 2. The Hall–Kier alpha value is -3.28. The van der Waals surface area contributed by atoms with E-state index in [4.69, 9.17) is 9.15 Å². The van der Waals surface area contributed by atoms with Crippen LogP contribution in [0.2, 0.25) is 0 Å². The lowest BCUT2D eigenvalue weighted by Gasteiger charge is -2.13. The molecule has 3 rings (SSSR count). The van der Waals surface area contributed by atoms with Crippen molar-refractivity contribution in [1.29, 1.82) is 0 Å². The van der Waals surface area contributed by atoms with Crippen molar-refractivity contribution in [2.45, 2.75) is 40.0 Å². The zero-order valence-corrected chi connectivity index (χ0v) is 17.4. The number of aryl methyl sites for hydroxylation is 1. The Kier molecular flexibility index (Phi) is 5.92. The molecule has 1 aromatic heterocycles. The molecule has 0 radical (unpaired) electrons. The SMILES string of the molecule is COc1ccc(NC(C)=O)c(NC(=O)Cc2coc3cc(C)c(C(C)C)cc23)c1. The molecule has 2 amide bonds. The number of carbonyl (C=O) groups is 2. The highest BCUT2D eigenvalue weighted by Crippen LogP contribution is 2.30. The minimum absolute atomic E-state index is 0.157. The lowest BCUT2D eigenvalue weighted by atomic mass is 9.95. The molecule has 0 spiro atoms. The highest BCUT2D eigenvalue weighted by Gasteiger charge is 2.15. The van der Waals surface area contributed by atoms with Gasteiger partial charge in [0.05, 0.1) is 31.2 Å². The van der Waals surface area contributed by atoms with E-state index in [9.17, 15) is 9.59 Å². The number of amides is 2. The molecular weight excluding hydrogens is 368 g/mol. The lowest BCUT2D eigenvalue weighted by molar-refractivity contribution is -0.116. The van der Waals surface area contributed by atoms with Crippen LogP contribution in [0.5, 0.6) is 5.75 Å². The molecule has 6 heteroatoms. The van der Waals surface area contributed by atoms with Crippen molar-refractivity contribution in [2.24, 2.45) is 0 Å². The summed E-state index contributed by atoms with van der Waals surface area (Å²) in [6, 6.07) is 9.22. The van der Waals surface area contributed by atoms with Crippen molar-refractivity contribution < 1.29 is 18.7 Å². The molecule has 0 atom stereocenters. The highest BCUT2D eigenvalue weighted by atomic mass is 16.5. The van der Waals surface area contributed by atoms with Gasteiger partial charge in [0, 0.05) is 23.9 Å². The number of benzene rings is 2. The molecule has 3 aromatic rings. The molecule has 0 saturated carbocycles. The lowest BCUT2D eigenvalue weighted by Crippen LogP contribution is -2.17. The Morgan fingerprint density at radius 2 is 1.86 bits per heavy atom. The van der Waals surface area contributed by atoms with Crippen LogP contribution in [-0.4, -0.2) is 18.9 Å². The summed E-state index contributed by atoms with van der Waals surface area (Å²) in [5, 5.41) is 6.53. The minimum Gasteiger partial charge on any atom is -0.497 e. The van der Waals surface area contributed by atoms with Crippen LogP contribution in [0.15, 0.2) is 41.0 Å². The number of rotatable bonds is 6. The molecule has 0 saturated heterocycles. The number of anilines is 2. The van der Waals surface area contributed by atoms with E-state index in [1.807, 2.05) is 6.07 Å². The van der Waals surface area contributed by atoms with Crippen molar-refractivity contribution in [2.75, 3.05) is 17.7 Å². The van der Waals surface area contributed by atoms with Crippen LogP contribution in [0.25, 0.3) is 11.0 Å². The number of fused-ring (bicyclic) bond motifs is 1. The molecule has 2 N–H and O–H groups in total. The number of ether oxygens (including phenoxy) is 1. The van der Waals surface area contributed by atoms with Gasteiger partial charge in [-0.05, 0) is 48.2 Å². The molecule has 6 nitrogen and oxygen atoms in total. The van der Waals surface area contributed by atoms with E-state index in [1.165, 1.54) is 18.1 Å². The van der Waals surface area contributed by atoms with Crippen molar-refractivity contribution in [3.63, 3.8) is 0 Å². The summed E-state index contributed by atoms with van der Waals surface area (Å²) in [5.74, 6) is 0.537. The number of nitrogens with one attached hydrogen (secondary N) is 2. The van der Waals surface area contributed by atoms with Gasteiger partial charge in [-0.2, -0.15) is 0 Å². The van der Waals surface area contributed by atoms with Gasteiger partial charge >= 0.3 is 0 Å². The van der Waals surface area contributed by atoms with Crippen LogP contribution in [-0.2, 0) is 16.0 Å². The van der Waals surface area contributed by atoms with Crippen molar-refractivity contribution in [3.8, 4) is 5.75 Å². The quantitative estimate of drug-likeness (QED) is 0.616. The van der Waals surface area contributed by atoms with Crippen LogP contribution in [0.3, 0.4) is 0 Å². The Morgan fingerprint density at radius 1 is 1.10 bits per heavy atom. The monoisotopic (exact) mass is 394 g/mol. The second-order valence-corrected chi connectivity index (χ2v) is 7.44. The van der Waals surface area contributed by atoms with E-state index in [1.54, 1.807) is 31.6 Å². The Bertz CT molecular complexity index is 1070. The number of methoxy groups -OCH3 is 1. The first-order valence-electron chi connectivity index (χ1n) is 9.54. The molecular formula is C23H26N2O4. The van der Waals surface area contributed by atoms with Gasteiger partial charge in [0.15, 0.2) is 0 Å². The van der Waals surface area contributed by atoms with Crippen LogP contribution >= 0.6 is 0 Å². The maximum atomic E-state index is 12.7. The van der Waals surface area contributed by atoms with Gasteiger partial charge in [-0.25, -0.2) is 0 Å². The summed E-state index contributed by atoms with van der Waals surface area (Å²) in [4.78, 5) is 24.2. The minimum atomic E-state index is -0.219. The van der Waals surface area contributed by atoms with Crippen molar-refractivity contribution in [1.82, 2.24) is 0 Å². The first-order chi connectivity index (χ1) is 13.8. The van der Waals surface area contributed by atoms with E-state index >= 15 is 0 Å². The summed E-state index contributed by atoms with van der Waals surface area (Å²) >= 11 is 0. The van der Waals surface area contributed by atoms with E-state index < -0.39 is 0 Å². The first kappa shape index (κ1) is 20.5. The van der Waals surface area contributed by atoms with Crippen molar-refractivity contribution in [3.05, 3.63) is 53.3 Å². The van der Waals surface area contributed by atoms with Gasteiger partial charge in [0.25, 0.3) is 0 Å². The summed E-state index contributed by atoms with van der Waals surface area (Å²) < 4.78 is 10.9. The summed E-state index contributed by atoms with van der Waals surface area (Å²) in [7, 11) is 1.55. The molecule has 0 bridgehead atoms. The smallest absolute Gasteiger partial charge is 0.228 e. The van der Waals surface area contributed by atoms with E-state index in [2.05, 4.69) is 37.5 Å². The fourth-order valence-corrected chi connectivity index (χ4v) is 3.42. The average molecular weight is 394 g/mol. The van der Waals surface area contributed by atoms with E-state index in [0.717, 1.165) is 16.5 Å². The standard InChI is InChI=1S/C23H26N2O4/c1-13(2)18-11-19-16(12-29-22(19)8-14(18)3)9-23(27)25-21-10-17(28-5)6-7-20(21)24-15(4)26/h6-8,10-13H,9H2,1-5H3,(H,24,26)(H,25,27). The normalized spacial score (nSPS) is 11.0. The fraction of sp³-hybridized carbons (Fsp3) is 0.304. The second kappa shape index (κ2) is 8.39. The maximum absolute atomic E-state index is 12.7. The summed E-state index contributed by atoms with van der Waals surface area (Å²) in [6.07, 6.45) is 1.79. The van der Waals surface area contributed by atoms with Gasteiger partial charge in [-0.15, -0.1) is 0 Å². The largest absolute Gasteiger partial charge is 0.497 e. The van der Waals surface area contributed by atoms with E-state index in [-0.39, 0.29) is 18.2 Å². The Balaban J connectivity index is 1.86. The molecule has 0 aliphatic rings. The van der Waals surface area contributed by atoms with Gasteiger partial charge < -0.3 is 19.8 Å². The summed E-state index contributed by atoms with van der Waals surface area (Å²) in [5.41, 5.74) is 5.01. The van der Waals surface area contributed by atoms with E-state index in [0.29, 0.717) is 23.0 Å². The average Bonchev–Trinajstić information content (AvgIpc) is 3.03. The summed E-state index contributed by atoms with van der Waals surface area (Å²) in [6.45, 7) is 7.78. The number of carbonyl (C=O) groups excluding carboxylic acids is 2. The predicted molar refractivity (Wildman–Crippen MR) is 115 cm³/mol. The molecule has 1 heterocycles. The third-order valence-electron chi connectivity index (χ3n) is 4.83. The zero-order chi connectivity index (χ0) is 21.1. The second-order valence-electron chi connectivity index (χ2n) is 7.44. The van der Waals surface area contributed by atoms with Crippen LogP contribution in [0, 0.1) is 6.92 Å². The Morgan fingerprint density at radius 3 is 2.52 bits per heavy atom. The third kappa shape index (κ3) is 4.59. The molecule has 0 unspecified atom stereocenters. The molecule has 0 aliphatic carbocycles. The highest BCUT2D eigenvalue weighted by molar-refractivity contribution is 6.01. The Labute approximate surface area is 170 Å². The van der Waals surface area contributed by atoms with Gasteiger partial charge in [-0.3, -0.25) is 9.59 Å². The van der Waals surface area contributed by atoms with Gasteiger partial charge in [-0.1, -0.05) is 13.8 Å². The predicted octanol–water partition coefficient (Wildman–Crippen LogP) is 5.01. The number of furan rings is 1.